The smallest absolute Gasteiger partial charge is 0.422 e. The minimum atomic E-state index is -4.38. The van der Waals surface area contributed by atoms with E-state index in [1.165, 1.54) is 12.1 Å². The first kappa shape index (κ1) is 22.6. The second kappa shape index (κ2) is 9.09. The summed E-state index contributed by atoms with van der Waals surface area (Å²) in [5.74, 6) is -0.000511. The Bertz CT molecular complexity index is 1300. The quantitative estimate of drug-likeness (QED) is 0.438. The van der Waals surface area contributed by atoms with Gasteiger partial charge in [-0.2, -0.15) is 18.3 Å². The molecule has 1 N–H and O–H groups in total. The van der Waals surface area contributed by atoms with Gasteiger partial charge in [-0.15, -0.1) is 0 Å². The molecule has 0 unspecified atom stereocenters. The molecule has 2 aromatic carbocycles. The highest BCUT2D eigenvalue weighted by Crippen LogP contribution is 2.23. The van der Waals surface area contributed by atoms with Crippen molar-refractivity contribution in [2.75, 3.05) is 6.61 Å². The Morgan fingerprint density at radius 1 is 1.09 bits per heavy atom. The summed E-state index contributed by atoms with van der Waals surface area (Å²) in [7, 11) is 0. The Kier molecular flexibility index (Phi) is 6.22. The molecule has 0 aliphatic rings. The van der Waals surface area contributed by atoms with Crippen molar-refractivity contribution >= 4 is 22.5 Å². The molecule has 0 radical (unpaired) electrons. The molecular weight excluding hydrogens is 433 g/mol. The first-order valence-corrected chi connectivity index (χ1v) is 10.5. The average molecular weight is 456 g/mol. The molecule has 0 saturated heterocycles. The van der Waals surface area contributed by atoms with Crippen LogP contribution in [0.2, 0.25) is 0 Å². The van der Waals surface area contributed by atoms with E-state index in [1.807, 2.05) is 42.6 Å². The van der Waals surface area contributed by atoms with Crippen molar-refractivity contribution < 1.29 is 22.7 Å². The lowest BCUT2D eigenvalue weighted by molar-refractivity contribution is -0.153. The van der Waals surface area contributed by atoms with Gasteiger partial charge in [0.2, 0.25) is 5.91 Å². The van der Waals surface area contributed by atoms with Crippen LogP contribution in [0.4, 0.5) is 13.2 Å². The second-order valence-electron chi connectivity index (χ2n) is 7.84. The predicted molar refractivity (Wildman–Crippen MR) is 118 cm³/mol. The van der Waals surface area contributed by atoms with Gasteiger partial charge in [-0.05, 0) is 55.7 Å². The highest BCUT2D eigenvalue weighted by atomic mass is 19.4. The third kappa shape index (κ3) is 5.24. The van der Waals surface area contributed by atoms with E-state index in [2.05, 4.69) is 15.2 Å². The first-order chi connectivity index (χ1) is 15.7. The normalized spacial score (nSPS) is 11.8. The summed E-state index contributed by atoms with van der Waals surface area (Å²) in [6, 6.07) is 14.0. The number of hydrogen-bond acceptors (Lipinski definition) is 4. The average Bonchev–Trinajstić information content (AvgIpc) is 3.15. The second-order valence-corrected chi connectivity index (χ2v) is 7.84. The summed E-state index contributed by atoms with van der Waals surface area (Å²) in [4.78, 5) is 17.1. The first-order valence-electron chi connectivity index (χ1n) is 10.5. The Balaban J connectivity index is 1.35. The van der Waals surface area contributed by atoms with Crippen LogP contribution in [0.5, 0.6) is 5.75 Å². The number of nitrogens with one attached hydrogen (secondary N) is 1. The maximum atomic E-state index is 12.4. The zero-order valence-corrected chi connectivity index (χ0v) is 18.2. The number of halogens is 3. The molecule has 172 valence electrons. The van der Waals surface area contributed by atoms with E-state index >= 15 is 0 Å². The molecule has 2 aromatic heterocycles. The summed E-state index contributed by atoms with van der Waals surface area (Å²) < 4.78 is 43.2. The van der Waals surface area contributed by atoms with E-state index in [4.69, 9.17) is 4.98 Å². The Morgan fingerprint density at radius 3 is 2.55 bits per heavy atom. The van der Waals surface area contributed by atoms with Gasteiger partial charge in [0.15, 0.2) is 12.3 Å². The molecule has 0 atom stereocenters. The Hall–Kier alpha value is -3.62. The van der Waals surface area contributed by atoms with E-state index in [0.717, 1.165) is 39.1 Å². The maximum Gasteiger partial charge on any atom is 0.422 e. The monoisotopic (exact) mass is 456 g/mol. The molecule has 0 aliphatic carbocycles. The topological polar surface area (TPSA) is 68.5 Å². The van der Waals surface area contributed by atoms with Crippen molar-refractivity contribution in [2.45, 2.75) is 39.4 Å². The molecule has 4 rings (SSSR count). The lowest BCUT2D eigenvalue weighted by atomic mass is 10.1. The van der Waals surface area contributed by atoms with Crippen molar-refractivity contribution in [3.8, 4) is 5.75 Å². The molecule has 9 heteroatoms. The van der Waals surface area contributed by atoms with Gasteiger partial charge in [-0.25, -0.2) is 9.50 Å². The van der Waals surface area contributed by atoms with Gasteiger partial charge in [0.1, 0.15) is 5.75 Å². The summed E-state index contributed by atoms with van der Waals surface area (Å²) in [6.45, 7) is 2.85. The standard InChI is InChI=1S/C24H23F3N4O2/c1-15-19(16(2)31-23(29-15)20-5-3-4-6-21(20)30-31)11-12-22(32)28-13-17-7-9-18(10-8-17)33-14-24(25,26)27/h3-10H,11-14H2,1-2H3,(H,28,32). The number of nitrogens with zero attached hydrogens (tertiary/aromatic N) is 3. The van der Waals surface area contributed by atoms with E-state index in [-0.39, 0.29) is 24.6 Å². The molecule has 0 saturated carbocycles. The zero-order chi connectivity index (χ0) is 23.6. The highest BCUT2D eigenvalue weighted by Gasteiger charge is 2.28. The van der Waals surface area contributed by atoms with Crippen molar-refractivity contribution in [3.05, 3.63) is 71.0 Å². The lowest BCUT2D eigenvalue weighted by Crippen LogP contribution is -2.23. The number of alkyl halides is 3. The number of benzene rings is 2. The van der Waals surface area contributed by atoms with Gasteiger partial charge in [-0.1, -0.05) is 24.3 Å². The number of ether oxygens (including phenoxy) is 1. The van der Waals surface area contributed by atoms with Crippen molar-refractivity contribution in [1.29, 1.82) is 0 Å². The van der Waals surface area contributed by atoms with Crippen LogP contribution in [0, 0.1) is 13.8 Å². The van der Waals surface area contributed by atoms with Crippen molar-refractivity contribution in [2.24, 2.45) is 0 Å². The summed E-state index contributed by atoms with van der Waals surface area (Å²) in [6.07, 6.45) is -3.58. The van der Waals surface area contributed by atoms with Crippen LogP contribution in [0.3, 0.4) is 0 Å². The number of carbonyl (C=O) groups excluding carboxylic acids is 1. The lowest BCUT2D eigenvalue weighted by Gasteiger charge is -2.12. The number of aryl methyl sites for hydroxylation is 2. The minimum absolute atomic E-state index is 0.127. The third-order valence-corrected chi connectivity index (χ3v) is 5.44. The van der Waals surface area contributed by atoms with Gasteiger partial charge in [0, 0.05) is 29.7 Å². The molecule has 6 nitrogen and oxygen atoms in total. The summed E-state index contributed by atoms with van der Waals surface area (Å²) >= 11 is 0. The summed E-state index contributed by atoms with van der Waals surface area (Å²) in [5, 5.41) is 8.46. The van der Waals surface area contributed by atoms with E-state index in [1.54, 1.807) is 12.1 Å². The Labute approximate surface area is 188 Å². The van der Waals surface area contributed by atoms with Gasteiger partial charge >= 0.3 is 6.18 Å². The third-order valence-electron chi connectivity index (χ3n) is 5.44. The predicted octanol–water partition coefficient (Wildman–Crippen LogP) is 4.69. The van der Waals surface area contributed by atoms with Gasteiger partial charge < -0.3 is 10.1 Å². The number of fused-ring (bicyclic) bond motifs is 3. The van der Waals surface area contributed by atoms with Crippen molar-refractivity contribution in [3.63, 3.8) is 0 Å². The molecule has 2 heterocycles. The van der Waals surface area contributed by atoms with Crippen LogP contribution < -0.4 is 10.1 Å². The highest BCUT2D eigenvalue weighted by molar-refractivity contribution is 5.92. The van der Waals surface area contributed by atoms with E-state index in [0.29, 0.717) is 6.42 Å². The minimum Gasteiger partial charge on any atom is -0.484 e. The maximum absolute atomic E-state index is 12.4. The number of hydrogen-bond donors (Lipinski definition) is 1. The number of aromatic nitrogens is 3. The fourth-order valence-corrected chi connectivity index (χ4v) is 3.73. The largest absolute Gasteiger partial charge is 0.484 e. The molecule has 0 bridgehead atoms. The van der Waals surface area contributed by atoms with Crippen LogP contribution in [0.15, 0.2) is 48.5 Å². The zero-order valence-electron chi connectivity index (χ0n) is 18.2. The molecule has 0 aliphatic heterocycles. The van der Waals surface area contributed by atoms with Crippen LogP contribution in [-0.4, -0.2) is 33.3 Å². The fourth-order valence-electron chi connectivity index (χ4n) is 3.73. The number of amides is 1. The molecule has 0 spiro atoms. The SMILES string of the molecule is Cc1nc2c3ccccc3nn2c(C)c1CCC(=O)NCc1ccc(OCC(F)(F)F)cc1. The molecule has 4 aromatic rings. The van der Waals surface area contributed by atoms with E-state index in [9.17, 15) is 18.0 Å². The molecular formula is C24H23F3N4O2. The van der Waals surface area contributed by atoms with E-state index < -0.39 is 12.8 Å². The molecule has 0 fully saturated rings. The number of rotatable bonds is 7. The van der Waals surface area contributed by atoms with Crippen LogP contribution in [0.1, 0.15) is 28.9 Å². The van der Waals surface area contributed by atoms with Gasteiger partial charge in [-0.3, -0.25) is 4.79 Å². The molecule has 1 amide bonds. The van der Waals surface area contributed by atoms with Crippen molar-refractivity contribution in [1.82, 2.24) is 19.9 Å². The van der Waals surface area contributed by atoms with Gasteiger partial charge in [0.25, 0.3) is 0 Å². The number of carbonyl (C=O) groups is 1. The molecule has 33 heavy (non-hydrogen) atoms. The summed E-state index contributed by atoms with van der Waals surface area (Å²) in [5.41, 5.74) is 5.25. The van der Waals surface area contributed by atoms with Crippen LogP contribution >= 0.6 is 0 Å². The van der Waals surface area contributed by atoms with Crippen LogP contribution in [-0.2, 0) is 17.8 Å². The fraction of sp³-hybridized carbons (Fsp3) is 0.292. The van der Waals surface area contributed by atoms with Crippen LogP contribution in [0.25, 0.3) is 16.6 Å². The Morgan fingerprint density at radius 2 is 1.82 bits per heavy atom. The van der Waals surface area contributed by atoms with Gasteiger partial charge in [0.05, 0.1) is 5.52 Å².